The summed E-state index contributed by atoms with van der Waals surface area (Å²) in [6.07, 6.45) is 3.75. The van der Waals surface area contributed by atoms with Crippen LogP contribution in [-0.2, 0) is 4.79 Å². The van der Waals surface area contributed by atoms with Gasteiger partial charge in [0.1, 0.15) is 0 Å². The monoisotopic (exact) mass is 437 g/mol. The molecule has 1 fully saturated rings. The lowest BCUT2D eigenvalue weighted by Gasteiger charge is -2.15. The van der Waals surface area contributed by atoms with Gasteiger partial charge in [0, 0.05) is 4.90 Å². The summed E-state index contributed by atoms with van der Waals surface area (Å²) in [5, 5.41) is 0.409. The minimum atomic E-state index is -0.158. The van der Waals surface area contributed by atoms with Crippen molar-refractivity contribution in [1.82, 2.24) is 0 Å². The van der Waals surface area contributed by atoms with E-state index >= 15 is 0 Å². The van der Waals surface area contributed by atoms with Crippen molar-refractivity contribution >= 4 is 69.3 Å². The van der Waals surface area contributed by atoms with Gasteiger partial charge in [0.2, 0.25) is 0 Å². The van der Waals surface area contributed by atoms with Crippen LogP contribution in [0, 0.1) is 0 Å². The number of ether oxygens (including phenoxy) is 2. The fourth-order valence-electron chi connectivity index (χ4n) is 2.61. The first kappa shape index (κ1) is 20.1. The summed E-state index contributed by atoms with van der Waals surface area (Å²) in [7, 11) is 3.06. The summed E-state index contributed by atoms with van der Waals surface area (Å²) < 4.78 is 11.1. The van der Waals surface area contributed by atoms with Crippen LogP contribution >= 0.6 is 47.3 Å². The molecule has 1 aliphatic heterocycles. The molecule has 1 aliphatic rings. The molecule has 0 atom stereocenters. The van der Waals surface area contributed by atoms with E-state index in [1.165, 1.54) is 26.0 Å². The zero-order chi connectivity index (χ0) is 19.6. The molecule has 1 heterocycles. The Morgan fingerprint density at radius 1 is 1.22 bits per heavy atom. The normalized spacial score (nSPS) is 15.6. The molecule has 8 heteroatoms. The van der Waals surface area contributed by atoms with Gasteiger partial charge >= 0.3 is 0 Å². The molecule has 0 N–H and O–H groups in total. The second-order valence-electron chi connectivity index (χ2n) is 5.46. The Morgan fingerprint density at radius 3 is 2.67 bits per heavy atom. The van der Waals surface area contributed by atoms with E-state index in [4.69, 9.17) is 33.3 Å². The number of amides is 1. The highest BCUT2D eigenvalue weighted by atomic mass is 35.5. The Bertz CT molecular complexity index is 946. The fraction of sp³-hybridized carbons (Fsp3) is 0.158. The largest absolute Gasteiger partial charge is 0.493 e. The zero-order valence-corrected chi connectivity index (χ0v) is 18.0. The van der Waals surface area contributed by atoms with Gasteiger partial charge in [0.25, 0.3) is 5.91 Å². The van der Waals surface area contributed by atoms with E-state index < -0.39 is 0 Å². The van der Waals surface area contributed by atoms with Crippen LogP contribution in [0.1, 0.15) is 5.56 Å². The highest BCUT2D eigenvalue weighted by Gasteiger charge is 2.33. The molecular formula is C19H16ClNO3S3. The number of benzene rings is 2. The Kier molecular flexibility index (Phi) is 6.37. The summed E-state index contributed by atoms with van der Waals surface area (Å²) in [5.74, 6) is 0.798. The summed E-state index contributed by atoms with van der Waals surface area (Å²) >= 11 is 14.6. The van der Waals surface area contributed by atoms with Crippen molar-refractivity contribution in [3.05, 3.63) is 51.9 Å². The molecule has 2 aromatic carbocycles. The lowest BCUT2D eigenvalue weighted by molar-refractivity contribution is -0.113. The number of methoxy groups -OCH3 is 2. The molecule has 1 amide bonds. The van der Waals surface area contributed by atoms with Crippen LogP contribution in [0.3, 0.4) is 0 Å². The van der Waals surface area contributed by atoms with Gasteiger partial charge in [0.05, 0.1) is 29.8 Å². The van der Waals surface area contributed by atoms with Gasteiger partial charge in [-0.3, -0.25) is 9.69 Å². The number of thiocarbonyl (C=S) groups is 1. The van der Waals surface area contributed by atoms with Crippen molar-refractivity contribution in [1.29, 1.82) is 0 Å². The van der Waals surface area contributed by atoms with Gasteiger partial charge in [-0.1, -0.05) is 41.6 Å². The first-order valence-corrected chi connectivity index (χ1v) is 10.6. The molecule has 3 rings (SSSR count). The van der Waals surface area contributed by atoms with E-state index in [-0.39, 0.29) is 5.91 Å². The van der Waals surface area contributed by atoms with Crippen LogP contribution in [0.2, 0.25) is 5.02 Å². The van der Waals surface area contributed by atoms with E-state index in [0.29, 0.717) is 25.7 Å². The Balaban J connectivity index is 1.96. The number of thioether (sulfide) groups is 2. The van der Waals surface area contributed by atoms with Crippen molar-refractivity contribution < 1.29 is 14.3 Å². The third-order valence-electron chi connectivity index (χ3n) is 3.86. The maximum absolute atomic E-state index is 12.9. The number of hydrogen-bond donors (Lipinski definition) is 0. The molecular weight excluding hydrogens is 422 g/mol. The predicted octanol–water partition coefficient (Wildman–Crippen LogP) is 5.48. The van der Waals surface area contributed by atoms with Crippen LogP contribution < -0.4 is 14.4 Å². The molecule has 0 radical (unpaired) electrons. The number of anilines is 1. The lowest BCUT2D eigenvalue weighted by Crippen LogP contribution is -2.27. The molecule has 1 saturated heterocycles. The molecule has 0 aromatic heterocycles. The first-order valence-electron chi connectivity index (χ1n) is 7.82. The predicted molar refractivity (Wildman–Crippen MR) is 118 cm³/mol. The first-order chi connectivity index (χ1) is 13.0. The summed E-state index contributed by atoms with van der Waals surface area (Å²) in [4.78, 5) is 16.1. The standard InChI is InChI=1S/C19H16ClNO3S3/c1-23-15-8-11(7-14(20)17(15)24-2)9-16-18(22)21(19(25)27-16)12-5-4-6-13(10-12)26-3/h4-10H,1-3H3/b16-9-. The van der Waals surface area contributed by atoms with Gasteiger partial charge in [-0.2, -0.15) is 0 Å². The number of rotatable bonds is 5. The Morgan fingerprint density at radius 2 is 2.00 bits per heavy atom. The number of nitrogens with zero attached hydrogens (tertiary/aromatic N) is 1. The van der Waals surface area contributed by atoms with Crippen LogP contribution in [0.4, 0.5) is 5.69 Å². The van der Waals surface area contributed by atoms with Crippen LogP contribution in [-0.4, -0.2) is 30.7 Å². The lowest BCUT2D eigenvalue weighted by atomic mass is 10.1. The molecule has 0 unspecified atom stereocenters. The average Bonchev–Trinajstić information content (AvgIpc) is 2.94. The Hall–Kier alpha value is -1.67. The highest BCUT2D eigenvalue weighted by Crippen LogP contribution is 2.40. The van der Waals surface area contributed by atoms with Gasteiger partial charge in [0.15, 0.2) is 15.8 Å². The zero-order valence-electron chi connectivity index (χ0n) is 14.8. The summed E-state index contributed by atoms with van der Waals surface area (Å²) in [6, 6.07) is 11.2. The van der Waals surface area contributed by atoms with E-state index in [9.17, 15) is 4.79 Å². The maximum Gasteiger partial charge on any atom is 0.270 e. The minimum absolute atomic E-state index is 0.158. The molecule has 0 saturated carbocycles. The smallest absolute Gasteiger partial charge is 0.270 e. The van der Waals surface area contributed by atoms with Crippen molar-refractivity contribution in [2.45, 2.75) is 4.90 Å². The second-order valence-corrected chi connectivity index (χ2v) is 8.42. The third-order valence-corrected chi connectivity index (χ3v) is 6.17. The Labute approximate surface area is 176 Å². The SMILES string of the molecule is COc1cc(/C=C2\SC(=S)N(c3cccc(SC)c3)C2=O)cc(Cl)c1OC. The highest BCUT2D eigenvalue weighted by molar-refractivity contribution is 8.27. The molecule has 140 valence electrons. The molecule has 0 aliphatic carbocycles. The minimum Gasteiger partial charge on any atom is -0.493 e. The third kappa shape index (κ3) is 4.11. The van der Waals surface area contributed by atoms with Crippen LogP contribution in [0.15, 0.2) is 46.2 Å². The number of carbonyl (C=O) groups excluding carboxylic acids is 1. The van der Waals surface area contributed by atoms with Gasteiger partial charge in [-0.15, -0.1) is 11.8 Å². The average molecular weight is 438 g/mol. The number of halogens is 1. The van der Waals surface area contributed by atoms with Crippen LogP contribution in [0.5, 0.6) is 11.5 Å². The second kappa shape index (κ2) is 8.56. The molecule has 0 spiro atoms. The summed E-state index contributed by atoms with van der Waals surface area (Å²) in [5.41, 5.74) is 1.49. The number of carbonyl (C=O) groups is 1. The van der Waals surface area contributed by atoms with Gasteiger partial charge < -0.3 is 9.47 Å². The maximum atomic E-state index is 12.9. The fourth-order valence-corrected chi connectivity index (χ4v) is 4.66. The molecule has 0 bridgehead atoms. The molecule has 27 heavy (non-hydrogen) atoms. The van der Waals surface area contributed by atoms with Crippen molar-refractivity contribution in [2.75, 3.05) is 25.4 Å². The van der Waals surface area contributed by atoms with Gasteiger partial charge in [-0.05, 0) is 48.2 Å². The quantitative estimate of drug-likeness (QED) is 0.350. The number of hydrogen-bond acceptors (Lipinski definition) is 6. The van der Waals surface area contributed by atoms with E-state index in [2.05, 4.69) is 0 Å². The topological polar surface area (TPSA) is 38.8 Å². The van der Waals surface area contributed by atoms with Crippen molar-refractivity contribution in [2.24, 2.45) is 0 Å². The molecule has 2 aromatic rings. The molecule has 4 nitrogen and oxygen atoms in total. The summed E-state index contributed by atoms with van der Waals surface area (Å²) in [6.45, 7) is 0. The van der Waals surface area contributed by atoms with E-state index in [1.807, 2.05) is 30.5 Å². The van der Waals surface area contributed by atoms with E-state index in [1.54, 1.807) is 34.9 Å². The van der Waals surface area contributed by atoms with Crippen molar-refractivity contribution in [3.63, 3.8) is 0 Å². The van der Waals surface area contributed by atoms with Crippen LogP contribution in [0.25, 0.3) is 6.08 Å². The van der Waals surface area contributed by atoms with Crippen molar-refractivity contribution in [3.8, 4) is 11.5 Å². The van der Waals surface area contributed by atoms with E-state index in [0.717, 1.165) is 16.1 Å². The van der Waals surface area contributed by atoms with Gasteiger partial charge in [-0.25, -0.2) is 0 Å².